The number of likely N-dealkylation sites (N-methyl/N-ethyl adjacent to an activating group) is 1. The lowest BCUT2D eigenvalue weighted by Crippen LogP contribution is -2.20. The molecule has 0 saturated carbocycles. The highest BCUT2D eigenvalue weighted by atomic mass is 32.1. The number of hydrogen-bond donors (Lipinski definition) is 1. The van der Waals surface area contributed by atoms with Gasteiger partial charge in [-0.25, -0.2) is 4.98 Å². The second kappa shape index (κ2) is 6.06. The van der Waals surface area contributed by atoms with Crippen molar-refractivity contribution in [1.29, 1.82) is 0 Å². The van der Waals surface area contributed by atoms with Gasteiger partial charge in [0.25, 0.3) is 0 Å². The van der Waals surface area contributed by atoms with Crippen molar-refractivity contribution < 1.29 is 0 Å². The highest BCUT2D eigenvalue weighted by Gasteiger charge is 2.24. The average molecular weight is 286 g/mol. The number of nitrogens with one attached hydrogen (secondary N) is 1. The van der Waals surface area contributed by atoms with E-state index in [-0.39, 0.29) is 0 Å². The van der Waals surface area contributed by atoms with Crippen LogP contribution in [0.3, 0.4) is 0 Å². The predicted octanol–water partition coefficient (Wildman–Crippen LogP) is 4.01. The predicted molar refractivity (Wildman–Crippen MR) is 86.5 cm³/mol. The van der Waals surface area contributed by atoms with Gasteiger partial charge in [-0.15, -0.1) is 11.3 Å². The molecular weight excluding hydrogens is 264 g/mol. The van der Waals surface area contributed by atoms with Gasteiger partial charge in [-0.1, -0.05) is 31.2 Å². The number of rotatable bonds is 4. The molecule has 1 aromatic carbocycles. The van der Waals surface area contributed by atoms with E-state index in [0.717, 1.165) is 13.0 Å². The highest BCUT2D eigenvalue weighted by molar-refractivity contribution is 7.15. The van der Waals surface area contributed by atoms with Gasteiger partial charge >= 0.3 is 0 Å². The second-order valence-electron chi connectivity index (χ2n) is 5.52. The number of aromatic nitrogens is 1. The summed E-state index contributed by atoms with van der Waals surface area (Å²) < 4.78 is 0. The Labute approximate surface area is 125 Å². The van der Waals surface area contributed by atoms with Gasteiger partial charge in [0, 0.05) is 22.9 Å². The van der Waals surface area contributed by atoms with E-state index in [2.05, 4.69) is 36.5 Å². The minimum atomic E-state index is 0.601. The molecule has 2 aromatic rings. The molecule has 20 heavy (non-hydrogen) atoms. The molecule has 1 heterocycles. The van der Waals surface area contributed by atoms with E-state index in [1.165, 1.54) is 46.0 Å². The van der Waals surface area contributed by atoms with E-state index in [0.29, 0.717) is 5.92 Å². The van der Waals surface area contributed by atoms with Crippen LogP contribution in [-0.4, -0.2) is 18.6 Å². The molecule has 0 spiro atoms. The van der Waals surface area contributed by atoms with Gasteiger partial charge in [-0.3, -0.25) is 0 Å². The average Bonchev–Trinajstić information content (AvgIpc) is 2.93. The molecule has 2 nitrogen and oxygen atoms in total. The summed E-state index contributed by atoms with van der Waals surface area (Å²) in [6.07, 6.45) is 4.88. The molecule has 3 heteroatoms. The van der Waals surface area contributed by atoms with Crippen molar-refractivity contribution in [1.82, 2.24) is 10.3 Å². The number of fused-ring (bicyclic) bond motifs is 1. The lowest BCUT2D eigenvalue weighted by molar-refractivity contribution is 0.523. The van der Waals surface area contributed by atoms with E-state index in [9.17, 15) is 0 Å². The molecule has 106 valence electrons. The summed E-state index contributed by atoms with van der Waals surface area (Å²) in [6.45, 7) is 3.24. The van der Waals surface area contributed by atoms with Crippen LogP contribution in [0.4, 0.5) is 0 Å². The Bertz CT molecular complexity index is 571. The Balaban J connectivity index is 1.91. The van der Waals surface area contributed by atoms with Crippen molar-refractivity contribution in [3.05, 3.63) is 40.4 Å². The SMILES string of the molecule is CCc1ccc(-c2nc3c(s2)CCCC3CNC)cc1. The van der Waals surface area contributed by atoms with Crippen LogP contribution in [0.5, 0.6) is 0 Å². The smallest absolute Gasteiger partial charge is 0.123 e. The van der Waals surface area contributed by atoms with Crippen molar-refractivity contribution in [3.63, 3.8) is 0 Å². The first-order chi connectivity index (χ1) is 9.81. The maximum Gasteiger partial charge on any atom is 0.123 e. The largest absolute Gasteiger partial charge is 0.319 e. The van der Waals surface area contributed by atoms with Crippen LogP contribution in [-0.2, 0) is 12.8 Å². The summed E-state index contributed by atoms with van der Waals surface area (Å²) in [5.41, 5.74) is 4.01. The van der Waals surface area contributed by atoms with Gasteiger partial charge in [0.05, 0.1) is 5.69 Å². The fourth-order valence-electron chi connectivity index (χ4n) is 2.96. The zero-order chi connectivity index (χ0) is 13.9. The topological polar surface area (TPSA) is 24.9 Å². The number of hydrogen-bond acceptors (Lipinski definition) is 3. The zero-order valence-corrected chi connectivity index (χ0v) is 13.1. The molecule has 0 aliphatic heterocycles. The van der Waals surface area contributed by atoms with Gasteiger partial charge in [-0.05, 0) is 38.3 Å². The standard InChI is InChI=1S/C17H22N2S/c1-3-12-7-9-13(10-8-12)17-19-16-14(11-18-2)5-4-6-15(16)20-17/h7-10,14,18H,3-6,11H2,1-2H3. The first kappa shape index (κ1) is 13.8. The Hall–Kier alpha value is -1.19. The van der Waals surface area contributed by atoms with Crippen molar-refractivity contribution >= 4 is 11.3 Å². The first-order valence-corrected chi connectivity index (χ1v) is 8.37. The molecule has 1 aromatic heterocycles. The molecule has 0 radical (unpaired) electrons. The summed E-state index contributed by atoms with van der Waals surface area (Å²) in [5.74, 6) is 0.601. The first-order valence-electron chi connectivity index (χ1n) is 7.55. The van der Waals surface area contributed by atoms with Crippen LogP contribution in [0.2, 0.25) is 0 Å². The third kappa shape index (κ3) is 2.65. The Kier molecular flexibility index (Phi) is 4.18. The molecule has 1 unspecified atom stereocenters. The fraction of sp³-hybridized carbons (Fsp3) is 0.471. The van der Waals surface area contributed by atoms with Crippen molar-refractivity contribution in [2.45, 2.75) is 38.5 Å². The summed E-state index contributed by atoms with van der Waals surface area (Å²) in [4.78, 5) is 6.46. The van der Waals surface area contributed by atoms with Gasteiger partial charge in [0.15, 0.2) is 0 Å². The molecule has 0 amide bonds. The van der Waals surface area contributed by atoms with Crippen LogP contribution in [0, 0.1) is 0 Å². The minimum absolute atomic E-state index is 0.601. The van der Waals surface area contributed by atoms with Gasteiger partial charge in [-0.2, -0.15) is 0 Å². The highest BCUT2D eigenvalue weighted by Crippen LogP contribution is 2.37. The van der Waals surface area contributed by atoms with Crippen LogP contribution < -0.4 is 5.32 Å². The van der Waals surface area contributed by atoms with Gasteiger partial charge in [0.1, 0.15) is 5.01 Å². The zero-order valence-electron chi connectivity index (χ0n) is 12.3. The molecule has 1 atom stereocenters. The number of nitrogens with zero attached hydrogens (tertiary/aromatic N) is 1. The van der Waals surface area contributed by atoms with E-state index >= 15 is 0 Å². The normalized spacial score (nSPS) is 18.0. The Morgan fingerprint density at radius 1 is 1.30 bits per heavy atom. The van der Waals surface area contributed by atoms with E-state index in [4.69, 9.17) is 4.98 Å². The monoisotopic (exact) mass is 286 g/mol. The summed E-state index contributed by atoms with van der Waals surface area (Å²) >= 11 is 1.89. The molecule has 1 aliphatic carbocycles. The number of thiazole rings is 1. The molecule has 1 N–H and O–H groups in total. The van der Waals surface area contributed by atoms with Gasteiger partial charge in [0.2, 0.25) is 0 Å². The summed E-state index contributed by atoms with van der Waals surface area (Å²) in [6, 6.07) is 8.88. The molecule has 1 aliphatic rings. The fourth-order valence-corrected chi connectivity index (χ4v) is 4.15. The quantitative estimate of drug-likeness (QED) is 0.918. The van der Waals surface area contributed by atoms with E-state index < -0.39 is 0 Å². The summed E-state index contributed by atoms with van der Waals surface area (Å²) in [7, 11) is 2.03. The third-order valence-corrected chi connectivity index (χ3v) is 5.31. The van der Waals surface area contributed by atoms with Crippen molar-refractivity contribution in [3.8, 4) is 10.6 Å². The Morgan fingerprint density at radius 2 is 2.10 bits per heavy atom. The number of benzene rings is 1. The molecule has 0 saturated heterocycles. The maximum absolute atomic E-state index is 4.96. The van der Waals surface area contributed by atoms with Crippen molar-refractivity contribution in [2.24, 2.45) is 0 Å². The summed E-state index contributed by atoms with van der Waals surface area (Å²) in [5, 5.41) is 4.50. The second-order valence-corrected chi connectivity index (χ2v) is 6.61. The van der Waals surface area contributed by atoms with E-state index in [1.54, 1.807) is 0 Å². The van der Waals surface area contributed by atoms with Crippen LogP contribution in [0.1, 0.15) is 41.8 Å². The Morgan fingerprint density at radius 3 is 2.80 bits per heavy atom. The minimum Gasteiger partial charge on any atom is -0.319 e. The lowest BCUT2D eigenvalue weighted by atomic mass is 9.91. The van der Waals surface area contributed by atoms with Crippen LogP contribution >= 0.6 is 11.3 Å². The number of aryl methyl sites for hydroxylation is 2. The maximum atomic E-state index is 4.96. The third-order valence-electron chi connectivity index (χ3n) is 4.13. The molecule has 0 bridgehead atoms. The van der Waals surface area contributed by atoms with Crippen LogP contribution in [0.25, 0.3) is 10.6 Å². The van der Waals surface area contributed by atoms with Crippen molar-refractivity contribution in [2.75, 3.05) is 13.6 Å². The molecule has 3 rings (SSSR count). The lowest BCUT2D eigenvalue weighted by Gasteiger charge is -2.20. The molecule has 0 fully saturated rings. The van der Waals surface area contributed by atoms with Crippen LogP contribution in [0.15, 0.2) is 24.3 Å². The molecular formula is C17H22N2S. The van der Waals surface area contributed by atoms with Gasteiger partial charge < -0.3 is 5.32 Å². The van der Waals surface area contributed by atoms with E-state index in [1.807, 2.05) is 18.4 Å².